The molecular formula is C12H16N2O2. The molecule has 0 aliphatic rings. The van der Waals surface area contributed by atoms with Crippen LogP contribution in [0.2, 0.25) is 0 Å². The van der Waals surface area contributed by atoms with Crippen molar-refractivity contribution >= 4 is 5.70 Å². The Morgan fingerprint density at radius 3 is 2.31 bits per heavy atom. The Balaban J connectivity index is 3.05. The summed E-state index contributed by atoms with van der Waals surface area (Å²) in [6.45, 7) is 5.48. The Hall–Kier alpha value is -1.84. The van der Waals surface area contributed by atoms with Crippen molar-refractivity contribution < 1.29 is 4.92 Å². The molecule has 0 saturated heterocycles. The first kappa shape index (κ1) is 12.2. The Morgan fingerprint density at radius 2 is 1.88 bits per heavy atom. The summed E-state index contributed by atoms with van der Waals surface area (Å²) in [5.41, 5.74) is 0.781. The zero-order valence-electron chi connectivity index (χ0n) is 9.59. The summed E-state index contributed by atoms with van der Waals surface area (Å²) in [4.78, 5) is 12.5. The molecule has 0 aliphatic heterocycles. The predicted molar refractivity (Wildman–Crippen MR) is 64.3 cm³/mol. The van der Waals surface area contributed by atoms with Gasteiger partial charge in [0, 0.05) is 13.1 Å². The van der Waals surface area contributed by atoms with E-state index in [1.165, 1.54) is 0 Å². The zero-order valence-corrected chi connectivity index (χ0v) is 9.59. The zero-order chi connectivity index (χ0) is 12.0. The van der Waals surface area contributed by atoms with Gasteiger partial charge in [-0.1, -0.05) is 18.2 Å². The minimum atomic E-state index is -0.340. The molecule has 4 nitrogen and oxygen atoms in total. The van der Waals surface area contributed by atoms with E-state index in [0.717, 1.165) is 13.1 Å². The van der Waals surface area contributed by atoms with Gasteiger partial charge in [0.1, 0.15) is 0 Å². The lowest BCUT2D eigenvalue weighted by atomic mass is 10.2. The van der Waals surface area contributed by atoms with Gasteiger partial charge in [-0.2, -0.15) is 0 Å². The summed E-state index contributed by atoms with van der Waals surface area (Å²) in [6, 6.07) is 8.94. The summed E-state index contributed by atoms with van der Waals surface area (Å²) in [6.07, 6.45) is 1.61. The fourth-order valence-corrected chi connectivity index (χ4v) is 1.42. The van der Waals surface area contributed by atoms with E-state index >= 15 is 0 Å². The van der Waals surface area contributed by atoms with Gasteiger partial charge in [0.25, 0.3) is 5.70 Å². The van der Waals surface area contributed by atoms with Crippen LogP contribution in [0.4, 0.5) is 0 Å². The molecule has 0 aromatic heterocycles. The Bertz CT molecular complexity index is 370. The first-order valence-corrected chi connectivity index (χ1v) is 5.34. The van der Waals surface area contributed by atoms with Gasteiger partial charge in [-0.25, -0.2) is 0 Å². The van der Waals surface area contributed by atoms with E-state index in [1.807, 2.05) is 24.8 Å². The second-order valence-electron chi connectivity index (χ2n) is 3.36. The Morgan fingerprint density at radius 1 is 1.31 bits per heavy atom. The van der Waals surface area contributed by atoms with Gasteiger partial charge in [-0.3, -0.25) is 10.1 Å². The molecule has 0 aliphatic carbocycles. The number of nitro groups is 1. The van der Waals surface area contributed by atoms with E-state index in [0.29, 0.717) is 5.56 Å². The lowest BCUT2D eigenvalue weighted by molar-refractivity contribution is -0.376. The molecule has 86 valence electrons. The van der Waals surface area contributed by atoms with Crippen LogP contribution in [-0.4, -0.2) is 22.9 Å². The van der Waals surface area contributed by atoms with Gasteiger partial charge in [-0.05, 0) is 26.0 Å². The van der Waals surface area contributed by atoms with E-state index in [9.17, 15) is 10.1 Å². The molecule has 0 bridgehead atoms. The molecule has 0 saturated carbocycles. The summed E-state index contributed by atoms with van der Waals surface area (Å²) in [5.74, 6) is 0. The summed E-state index contributed by atoms with van der Waals surface area (Å²) in [5, 5.41) is 11.0. The summed E-state index contributed by atoms with van der Waals surface area (Å²) >= 11 is 0. The molecule has 1 rings (SSSR count). The van der Waals surface area contributed by atoms with Gasteiger partial charge in [0.05, 0.1) is 16.7 Å². The van der Waals surface area contributed by atoms with Gasteiger partial charge in [-0.15, -0.1) is 0 Å². The van der Waals surface area contributed by atoms with Crippen molar-refractivity contribution in [2.75, 3.05) is 13.1 Å². The average molecular weight is 220 g/mol. The lowest BCUT2D eigenvalue weighted by Gasteiger charge is -2.14. The molecule has 1 aromatic rings. The largest absolute Gasteiger partial charge is 0.372 e. The van der Waals surface area contributed by atoms with Crippen LogP contribution in [0, 0.1) is 10.1 Å². The van der Waals surface area contributed by atoms with Crippen molar-refractivity contribution in [3.05, 3.63) is 52.2 Å². The minimum absolute atomic E-state index is 0.143. The molecule has 0 fully saturated rings. The highest BCUT2D eigenvalue weighted by molar-refractivity contribution is 5.57. The molecule has 1 aromatic carbocycles. The normalized spacial score (nSPS) is 11.2. The van der Waals surface area contributed by atoms with Gasteiger partial charge >= 0.3 is 0 Å². The minimum Gasteiger partial charge on any atom is -0.372 e. The number of hydrogen-bond donors (Lipinski definition) is 0. The first-order valence-electron chi connectivity index (χ1n) is 5.34. The molecule has 0 unspecified atom stereocenters. The standard InChI is InChI=1S/C12H16N2O2/c1-3-13(4-2)10-12(14(15)16)11-8-6-5-7-9-11/h5-10H,3-4H2,1-2H3. The number of nitrogens with zero attached hydrogens (tertiary/aromatic N) is 2. The fraction of sp³-hybridized carbons (Fsp3) is 0.333. The Labute approximate surface area is 95.3 Å². The number of hydrogen-bond acceptors (Lipinski definition) is 3. The highest BCUT2D eigenvalue weighted by Crippen LogP contribution is 2.15. The maximum absolute atomic E-state index is 11.0. The number of benzene rings is 1. The van der Waals surface area contributed by atoms with Crippen molar-refractivity contribution in [2.45, 2.75) is 13.8 Å². The van der Waals surface area contributed by atoms with E-state index in [4.69, 9.17) is 0 Å². The van der Waals surface area contributed by atoms with Crippen molar-refractivity contribution in [3.63, 3.8) is 0 Å². The highest BCUT2D eigenvalue weighted by atomic mass is 16.6. The SMILES string of the molecule is CCN(C=C(c1ccccc1)[N+](=O)[O-])CC. The van der Waals surface area contributed by atoms with Crippen LogP contribution in [-0.2, 0) is 0 Å². The number of rotatable bonds is 5. The summed E-state index contributed by atoms with van der Waals surface area (Å²) < 4.78 is 0. The van der Waals surface area contributed by atoms with Crippen molar-refractivity contribution in [1.82, 2.24) is 4.90 Å². The van der Waals surface area contributed by atoms with Crippen LogP contribution >= 0.6 is 0 Å². The summed E-state index contributed by atoms with van der Waals surface area (Å²) in [7, 11) is 0. The molecule has 0 radical (unpaired) electrons. The van der Waals surface area contributed by atoms with Gasteiger partial charge in [0.15, 0.2) is 0 Å². The third-order valence-corrected chi connectivity index (χ3v) is 2.38. The quantitative estimate of drug-likeness (QED) is 0.566. The Kier molecular flexibility index (Phi) is 4.51. The maximum Gasteiger partial charge on any atom is 0.292 e. The van der Waals surface area contributed by atoms with Crippen LogP contribution in [0.3, 0.4) is 0 Å². The van der Waals surface area contributed by atoms with Crippen molar-refractivity contribution in [3.8, 4) is 0 Å². The lowest BCUT2D eigenvalue weighted by Crippen LogP contribution is -2.17. The van der Waals surface area contributed by atoms with Crippen LogP contribution in [0.1, 0.15) is 19.4 Å². The molecule has 0 amide bonds. The van der Waals surface area contributed by atoms with Crippen LogP contribution in [0.25, 0.3) is 5.70 Å². The van der Waals surface area contributed by atoms with E-state index in [-0.39, 0.29) is 10.6 Å². The van der Waals surface area contributed by atoms with E-state index in [1.54, 1.807) is 30.5 Å². The smallest absolute Gasteiger partial charge is 0.292 e. The van der Waals surface area contributed by atoms with E-state index in [2.05, 4.69) is 0 Å². The molecule has 0 spiro atoms. The van der Waals surface area contributed by atoms with Crippen LogP contribution in [0.5, 0.6) is 0 Å². The molecule has 16 heavy (non-hydrogen) atoms. The molecule has 0 atom stereocenters. The molecule has 0 heterocycles. The predicted octanol–water partition coefficient (Wildman–Crippen LogP) is 2.60. The fourth-order valence-electron chi connectivity index (χ4n) is 1.42. The second kappa shape index (κ2) is 5.90. The molecule has 4 heteroatoms. The monoisotopic (exact) mass is 220 g/mol. The second-order valence-corrected chi connectivity index (χ2v) is 3.36. The van der Waals surface area contributed by atoms with Gasteiger partial charge < -0.3 is 4.90 Å². The van der Waals surface area contributed by atoms with Crippen LogP contribution in [0.15, 0.2) is 36.5 Å². The third kappa shape index (κ3) is 3.08. The topological polar surface area (TPSA) is 46.4 Å². The highest BCUT2D eigenvalue weighted by Gasteiger charge is 2.14. The molecule has 0 N–H and O–H groups in total. The van der Waals surface area contributed by atoms with E-state index < -0.39 is 0 Å². The van der Waals surface area contributed by atoms with Crippen molar-refractivity contribution in [2.24, 2.45) is 0 Å². The van der Waals surface area contributed by atoms with Crippen molar-refractivity contribution in [1.29, 1.82) is 0 Å². The van der Waals surface area contributed by atoms with Crippen LogP contribution < -0.4 is 0 Å². The van der Waals surface area contributed by atoms with Gasteiger partial charge in [0.2, 0.25) is 0 Å². The average Bonchev–Trinajstić information content (AvgIpc) is 2.31. The maximum atomic E-state index is 11.0. The molecular weight excluding hydrogens is 204 g/mol. The first-order chi connectivity index (χ1) is 7.69. The third-order valence-electron chi connectivity index (χ3n) is 2.38.